The molecule has 1 aliphatic heterocycles. The lowest BCUT2D eigenvalue weighted by Crippen LogP contribution is -2.59. The summed E-state index contributed by atoms with van der Waals surface area (Å²) in [5.74, 6) is 0. The van der Waals surface area contributed by atoms with E-state index in [1.54, 1.807) is 0 Å². The predicted molar refractivity (Wildman–Crippen MR) is 73.2 cm³/mol. The molecule has 2 fully saturated rings. The van der Waals surface area contributed by atoms with E-state index in [9.17, 15) is 0 Å². The summed E-state index contributed by atoms with van der Waals surface area (Å²) in [7, 11) is 0. The summed E-state index contributed by atoms with van der Waals surface area (Å²) < 4.78 is 0. The number of hydrogen-bond donors (Lipinski definition) is 1. The van der Waals surface area contributed by atoms with Crippen molar-refractivity contribution in [2.75, 3.05) is 19.3 Å². The largest absolute Gasteiger partial charge is 0.311 e. The monoisotopic (exact) mass is 242 g/mol. The Labute approximate surface area is 105 Å². The second kappa shape index (κ2) is 5.74. The fraction of sp³-hybridized carbons (Fsp3) is 1.00. The van der Waals surface area contributed by atoms with Crippen LogP contribution in [0.2, 0.25) is 0 Å². The molecule has 4 unspecified atom stereocenters. The number of nitrogens with one attached hydrogen (secondary N) is 1. The van der Waals surface area contributed by atoms with Crippen LogP contribution in [-0.2, 0) is 0 Å². The molecular formula is C13H26N2S. The molecule has 1 aliphatic carbocycles. The molecule has 3 heteroatoms. The van der Waals surface area contributed by atoms with Gasteiger partial charge in [0.2, 0.25) is 0 Å². The minimum Gasteiger partial charge on any atom is -0.311 e. The first-order chi connectivity index (χ1) is 7.76. The number of rotatable bonds is 3. The summed E-state index contributed by atoms with van der Waals surface area (Å²) in [4.78, 5) is 2.81. The number of hydrogen-bond acceptors (Lipinski definition) is 3. The quantitative estimate of drug-likeness (QED) is 0.818. The molecule has 1 heterocycles. The van der Waals surface area contributed by atoms with Crippen molar-refractivity contribution in [3.05, 3.63) is 0 Å². The molecule has 0 spiro atoms. The molecule has 0 bridgehead atoms. The topological polar surface area (TPSA) is 15.3 Å². The van der Waals surface area contributed by atoms with Crippen LogP contribution in [0.25, 0.3) is 0 Å². The highest BCUT2D eigenvalue weighted by Crippen LogP contribution is 2.34. The van der Waals surface area contributed by atoms with Gasteiger partial charge in [-0.2, -0.15) is 11.8 Å². The van der Waals surface area contributed by atoms with E-state index in [1.807, 2.05) is 0 Å². The molecule has 94 valence electrons. The molecule has 4 atom stereocenters. The molecule has 0 amide bonds. The first-order valence-electron chi connectivity index (χ1n) is 6.78. The molecule has 0 radical (unpaired) electrons. The minimum atomic E-state index is 0.672. The third kappa shape index (κ3) is 2.57. The first kappa shape index (κ1) is 12.7. The number of nitrogens with zero attached hydrogens (tertiary/aromatic N) is 1. The maximum absolute atomic E-state index is 3.62. The van der Waals surface area contributed by atoms with Gasteiger partial charge >= 0.3 is 0 Å². The number of thioether (sulfide) groups is 1. The van der Waals surface area contributed by atoms with Gasteiger partial charge in [-0.3, -0.25) is 4.90 Å². The van der Waals surface area contributed by atoms with Crippen molar-refractivity contribution in [1.82, 2.24) is 10.2 Å². The lowest BCUT2D eigenvalue weighted by atomic mass is 10.0. The molecule has 2 aliphatic rings. The Kier molecular flexibility index (Phi) is 4.57. The fourth-order valence-corrected chi connectivity index (χ4v) is 4.34. The summed E-state index contributed by atoms with van der Waals surface area (Å²) in [6, 6.07) is 2.30. The molecule has 2 rings (SSSR count). The Morgan fingerprint density at radius 1 is 1.38 bits per heavy atom. The van der Waals surface area contributed by atoms with E-state index in [-0.39, 0.29) is 0 Å². The standard InChI is InChI=1S/C13H26N2S/c1-4-11-8-14-10(2)9-15(11)12-6-5-7-13(12)16-3/h10-14H,4-9H2,1-3H3. The van der Waals surface area contributed by atoms with Crippen molar-refractivity contribution in [3.8, 4) is 0 Å². The van der Waals surface area contributed by atoms with E-state index in [2.05, 4.69) is 42.1 Å². The molecule has 2 nitrogen and oxygen atoms in total. The lowest BCUT2D eigenvalue weighted by Gasteiger charge is -2.44. The van der Waals surface area contributed by atoms with Crippen molar-refractivity contribution in [3.63, 3.8) is 0 Å². The van der Waals surface area contributed by atoms with Gasteiger partial charge in [-0.05, 0) is 32.4 Å². The van der Waals surface area contributed by atoms with Crippen LogP contribution in [0.15, 0.2) is 0 Å². The zero-order chi connectivity index (χ0) is 11.5. The highest BCUT2D eigenvalue weighted by atomic mass is 32.2. The molecule has 1 saturated carbocycles. The van der Waals surface area contributed by atoms with E-state index >= 15 is 0 Å². The van der Waals surface area contributed by atoms with Crippen LogP contribution >= 0.6 is 11.8 Å². The lowest BCUT2D eigenvalue weighted by molar-refractivity contribution is 0.0875. The SMILES string of the molecule is CCC1CNC(C)CN1C1CCCC1SC. The van der Waals surface area contributed by atoms with Gasteiger partial charge in [0.1, 0.15) is 0 Å². The van der Waals surface area contributed by atoms with Crippen molar-refractivity contribution < 1.29 is 0 Å². The van der Waals surface area contributed by atoms with Gasteiger partial charge in [-0.15, -0.1) is 0 Å². The van der Waals surface area contributed by atoms with Crippen molar-refractivity contribution >= 4 is 11.8 Å². The van der Waals surface area contributed by atoms with Crippen LogP contribution in [0.3, 0.4) is 0 Å². The first-order valence-corrected chi connectivity index (χ1v) is 8.07. The van der Waals surface area contributed by atoms with Gasteiger partial charge in [-0.1, -0.05) is 13.3 Å². The Bertz CT molecular complexity index is 222. The van der Waals surface area contributed by atoms with Crippen LogP contribution in [0.4, 0.5) is 0 Å². The van der Waals surface area contributed by atoms with E-state index in [0.29, 0.717) is 6.04 Å². The van der Waals surface area contributed by atoms with E-state index in [4.69, 9.17) is 0 Å². The Balaban J connectivity index is 2.03. The van der Waals surface area contributed by atoms with Crippen molar-refractivity contribution in [2.45, 2.75) is 62.9 Å². The minimum absolute atomic E-state index is 0.672. The average molecular weight is 242 g/mol. The maximum atomic E-state index is 3.62. The van der Waals surface area contributed by atoms with Gasteiger partial charge in [0.25, 0.3) is 0 Å². The molecule has 0 aromatic rings. The fourth-order valence-electron chi connectivity index (χ4n) is 3.33. The van der Waals surface area contributed by atoms with Crippen LogP contribution < -0.4 is 5.32 Å². The zero-order valence-corrected chi connectivity index (χ0v) is 11.7. The third-order valence-corrected chi connectivity index (χ3v) is 5.43. The average Bonchev–Trinajstić information content (AvgIpc) is 2.76. The van der Waals surface area contributed by atoms with Crippen molar-refractivity contribution in [1.29, 1.82) is 0 Å². The van der Waals surface area contributed by atoms with Gasteiger partial charge in [-0.25, -0.2) is 0 Å². The van der Waals surface area contributed by atoms with Crippen molar-refractivity contribution in [2.24, 2.45) is 0 Å². The van der Waals surface area contributed by atoms with E-state index in [0.717, 1.165) is 17.3 Å². The second-order valence-electron chi connectivity index (χ2n) is 5.34. The molecule has 1 saturated heterocycles. The van der Waals surface area contributed by atoms with Crippen LogP contribution in [-0.4, -0.2) is 47.6 Å². The molecule has 16 heavy (non-hydrogen) atoms. The molecule has 0 aromatic heterocycles. The summed E-state index contributed by atoms with van der Waals surface area (Å²) in [5, 5.41) is 4.51. The Morgan fingerprint density at radius 3 is 2.88 bits per heavy atom. The van der Waals surface area contributed by atoms with Gasteiger partial charge < -0.3 is 5.32 Å². The highest BCUT2D eigenvalue weighted by Gasteiger charge is 2.36. The highest BCUT2D eigenvalue weighted by molar-refractivity contribution is 7.99. The normalized spacial score (nSPS) is 41.4. The van der Waals surface area contributed by atoms with E-state index < -0.39 is 0 Å². The third-order valence-electron chi connectivity index (χ3n) is 4.27. The van der Waals surface area contributed by atoms with E-state index in [1.165, 1.54) is 38.8 Å². The zero-order valence-electron chi connectivity index (χ0n) is 10.9. The predicted octanol–water partition coefficient (Wildman–Crippen LogP) is 2.34. The summed E-state index contributed by atoms with van der Waals surface area (Å²) in [6.45, 7) is 7.09. The van der Waals surface area contributed by atoms with Crippen LogP contribution in [0.5, 0.6) is 0 Å². The summed E-state index contributed by atoms with van der Waals surface area (Å²) in [5.41, 5.74) is 0. The Hall–Kier alpha value is 0.270. The molecule has 1 N–H and O–H groups in total. The molecular weight excluding hydrogens is 216 g/mol. The van der Waals surface area contributed by atoms with Crippen LogP contribution in [0.1, 0.15) is 39.5 Å². The molecule has 0 aromatic carbocycles. The Morgan fingerprint density at radius 2 is 2.19 bits per heavy atom. The second-order valence-corrected chi connectivity index (χ2v) is 6.42. The summed E-state index contributed by atoms with van der Waals surface area (Å²) in [6.07, 6.45) is 7.87. The summed E-state index contributed by atoms with van der Waals surface area (Å²) >= 11 is 2.09. The number of piperazine rings is 1. The van der Waals surface area contributed by atoms with Crippen LogP contribution in [0, 0.1) is 0 Å². The maximum Gasteiger partial charge on any atom is 0.0222 e. The smallest absolute Gasteiger partial charge is 0.0222 e. The van der Waals surface area contributed by atoms with Gasteiger partial charge in [0, 0.05) is 36.5 Å². The van der Waals surface area contributed by atoms with Gasteiger partial charge in [0.05, 0.1) is 0 Å². The van der Waals surface area contributed by atoms with Gasteiger partial charge in [0.15, 0.2) is 0 Å².